The maximum absolute atomic E-state index is 15.8. The second kappa shape index (κ2) is 9.24. The molecule has 1 aliphatic carbocycles. The van der Waals surface area contributed by atoms with Crippen LogP contribution in [-0.4, -0.2) is 39.2 Å². The van der Waals surface area contributed by atoms with Gasteiger partial charge in [0, 0.05) is 24.3 Å². The Hall–Kier alpha value is -3.56. The van der Waals surface area contributed by atoms with E-state index in [1.807, 2.05) is 0 Å². The molecule has 2 aromatic heterocycles. The fourth-order valence-electron chi connectivity index (χ4n) is 5.31. The van der Waals surface area contributed by atoms with Crippen molar-refractivity contribution in [2.24, 2.45) is 5.92 Å². The quantitative estimate of drug-likeness (QED) is 0.556. The molecular formula is C25H25F3N4O3. The summed E-state index contributed by atoms with van der Waals surface area (Å²) in [5.74, 6) is -3.48. The number of carboxylic acid groups (broad SMARTS) is 1. The lowest BCUT2D eigenvalue weighted by atomic mass is 9.86. The third-order valence-corrected chi connectivity index (χ3v) is 7.14. The number of rotatable bonds is 5. The van der Waals surface area contributed by atoms with Crippen molar-refractivity contribution >= 4 is 23.1 Å². The molecule has 1 amide bonds. The van der Waals surface area contributed by atoms with Gasteiger partial charge in [0.1, 0.15) is 17.2 Å². The van der Waals surface area contributed by atoms with E-state index in [1.54, 1.807) is 11.1 Å². The standard InChI is InChI=1S/C25H25F3N4O3/c26-15-5-8-19(27)17(12-15)20-2-1-10-31(20)21-9-11-32-23(22(21)28)18(13-29-32)24(33)30-16-6-3-14(4-7-16)25(34)35/h5,8-9,11-14,16,20H,1-4,6-7,10H2,(H,30,33)(H,34,35). The third-order valence-electron chi connectivity index (χ3n) is 7.14. The summed E-state index contributed by atoms with van der Waals surface area (Å²) in [7, 11) is 0. The second-order valence-corrected chi connectivity index (χ2v) is 9.24. The number of anilines is 1. The van der Waals surface area contributed by atoms with Crippen LogP contribution in [0.1, 0.15) is 60.5 Å². The zero-order chi connectivity index (χ0) is 24.7. The van der Waals surface area contributed by atoms with Crippen molar-refractivity contribution in [2.75, 3.05) is 11.4 Å². The zero-order valence-corrected chi connectivity index (χ0v) is 18.9. The van der Waals surface area contributed by atoms with Gasteiger partial charge in [-0.05, 0) is 62.8 Å². The number of hydrogen-bond donors (Lipinski definition) is 2. The lowest BCUT2D eigenvalue weighted by molar-refractivity contribution is -0.142. The maximum atomic E-state index is 15.8. The Bertz CT molecular complexity index is 1290. The highest BCUT2D eigenvalue weighted by atomic mass is 19.1. The minimum atomic E-state index is -0.828. The number of pyridine rings is 1. The number of aromatic nitrogens is 2. The molecule has 1 atom stereocenters. The number of nitrogens with zero attached hydrogens (tertiary/aromatic N) is 3. The fraction of sp³-hybridized carbons (Fsp3) is 0.400. The van der Waals surface area contributed by atoms with Gasteiger partial charge in [0.15, 0.2) is 5.82 Å². The van der Waals surface area contributed by atoms with Gasteiger partial charge >= 0.3 is 5.97 Å². The summed E-state index contributed by atoms with van der Waals surface area (Å²) in [6.45, 7) is 0.455. The Labute approximate surface area is 199 Å². The number of benzene rings is 1. The summed E-state index contributed by atoms with van der Waals surface area (Å²) in [5, 5.41) is 16.1. The normalized spacial score (nSPS) is 22.5. The van der Waals surface area contributed by atoms with E-state index in [4.69, 9.17) is 5.11 Å². The van der Waals surface area contributed by atoms with Crippen LogP contribution >= 0.6 is 0 Å². The molecule has 5 rings (SSSR count). The first-order valence-corrected chi connectivity index (χ1v) is 11.7. The molecule has 2 N–H and O–H groups in total. The molecule has 1 aromatic carbocycles. The monoisotopic (exact) mass is 486 g/mol. The molecule has 1 saturated carbocycles. The van der Waals surface area contributed by atoms with Crippen LogP contribution in [-0.2, 0) is 4.79 Å². The van der Waals surface area contributed by atoms with Crippen LogP contribution in [0.2, 0.25) is 0 Å². The van der Waals surface area contributed by atoms with E-state index in [-0.39, 0.29) is 28.4 Å². The smallest absolute Gasteiger partial charge is 0.306 e. The number of halogens is 3. The number of carboxylic acids is 1. The van der Waals surface area contributed by atoms with E-state index < -0.39 is 41.3 Å². The summed E-state index contributed by atoms with van der Waals surface area (Å²) in [6, 6.07) is 4.07. The summed E-state index contributed by atoms with van der Waals surface area (Å²) in [4.78, 5) is 25.9. The molecule has 2 aliphatic rings. The summed E-state index contributed by atoms with van der Waals surface area (Å²) >= 11 is 0. The average Bonchev–Trinajstić information content (AvgIpc) is 3.49. The minimum Gasteiger partial charge on any atom is -0.481 e. The van der Waals surface area contributed by atoms with E-state index in [0.29, 0.717) is 45.1 Å². The molecule has 3 heterocycles. The molecule has 35 heavy (non-hydrogen) atoms. The maximum Gasteiger partial charge on any atom is 0.306 e. The molecule has 1 unspecified atom stereocenters. The number of carbonyl (C=O) groups excluding carboxylic acids is 1. The van der Waals surface area contributed by atoms with Gasteiger partial charge in [0.05, 0.1) is 29.4 Å². The molecule has 7 nitrogen and oxygen atoms in total. The van der Waals surface area contributed by atoms with Crippen molar-refractivity contribution in [2.45, 2.75) is 50.6 Å². The van der Waals surface area contributed by atoms with Gasteiger partial charge in [-0.15, -0.1) is 0 Å². The summed E-state index contributed by atoms with van der Waals surface area (Å²) < 4.78 is 45.4. The predicted molar refractivity (Wildman–Crippen MR) is 122 cm³/mol. The molecule has 184 valence electrons. The lowest BCUT2D eigenvalue weighted by Crippen LogP contribution is -2.38. The number of carbonyl (C=O) groups is 2. The van der Waals surface area contributed by atoms with Crippen LogP contribution in [0.15, 0.2) is 36.7 Å². The topological polar surface area (TPSA) is 86.9 Å². The van der Waals surface area contributed by atoms with Crippen LogP contribution in [0.25, 0.3) is 5.52 Å². The van der Waals surface area contributed by atoms with Gasteiger partial charge in [-0.3, -0.25) is 9.59 Å². The molecule has 0 bridgehead atoms. The predicted octanol–water partition coefficient (Wildman–Crippen LogP) is 4.47. The third kappa shape index (κ3) is 4.33. The first-order chi connectivity index (χ1) is 16.8. The summed E-state index contributed by atoms with van der Waals surface area (Å²) in [5.41, 5.74) is 0.437. The largest absolute Gasteiger partial charge is 0.481 e. The van der Waals surface area contributed by atoms with Crippen LogP contribution in [0.5, 0.6) is 0 Å². The van der Waals surface area contributed by atoms with E-state index in [1.165, 1.54) is 16.8 Å². The average molecular weight is 486 g/mol. The van der Waals surface area contributed by atoms with Gasteiger partial charge in [-0.1, -0.05) is 0 Å². The molecule has 10 heteroatoms. The van der Waals surface area contributed by atoms with Gasteiger partial charge in [-0.2, -0.15) is 5.10 Å². The fourth-order valence-corrected chi connectivity index (χ4v) is 5.31. The van der Waals surface area contributed by atoms with E-state index in [0.717, 1.165) is 18.2 Å². The Morgan fingerprint density at radius 2 is 1.83 bits per heavy atom. The minimum absolute atomic E-state index is 0.00425. The molecule has 1 aliphatic heterocycles. The number of hydrogen-bond acceptors (Lipinski definition) is 4. The number of fused-ring (bicyclic) bond motifs is 1. The number of nitrogens with one attached hydrogen (secondary N) is 1. The van der Waals surface area contributed by atoms with E-state index in [2.05, 4.69) is 10.4 Å². The Morgan fingerprint density at radius 1 is 1.06 bits per heavy atom. The van der Waals surface area contributed by atoms with Crippen molar-refractivity contribution in [3.05, 3.63) is 65.2 Å². The van der Waals surface area contributed by atoms with Gasteiger partial charge < -0.3 is 15.3 Å². The highest BCUT2D eigenvalue weighted by Crippen LogP contribution is 2.39. The van der Waals surface area contributed by atoms with Crippen LogP contribution in [0.3, 0.4) is 0 Å². The van der Waals surface area contributed by atoms with Crippen molar-refractivity contribution in [1.29, 1.82) is 0 Å². The van der Waals surface area contributed by atoms with Gasteiger partial charge in [0.2, 0.25) is 0 Å². The molecule has 3 aromatic rings. The Morgan fingerprint density at radius 3 is 2.57 bits per heavy atom. The first kappa shape index (κ1) is 23.2. The highest BCUT2D eigenvalue weighted by Gasteiger charge is 2.32. The summed E-state index contributed by atoms with van der Waals surface area (Å²) in [6.07, 6.45) is 6.07. The second-order valence-electron chi connectivity index (χ2n) is 9.24. The Balaban J connectivity index is 1.42. The van der Waals surface area contributed by atoms with Gasteiger partial charge in [-0.25, -0.2) is 17.7 Å². The zero-order valence-electron chi connectivity index (χ0n) is 18.9. The molecule has 2 fully saturated rings. The molecule has 1 saturated heterocycles. The van der Waals surface area contributed by atoms with Crippen LogP contribution < -0.4 is 10.2 Å². The van der Waals surface area contributed by atoms with Gasteiger partial charge in [0.25, 0.3) is 5.91 Å². The SMILES string of the molecule is O=C(NC1CCC(C(=O)O)CC1)c1cnn2ccc(N3CCCC3c3cc(F)ccc3F)c(F)c12. The van der Waals surface area contributed by atoms with E-state index >= 15 is 4.39 Å². The van der Waals surface area contributed by atoms with Crippen LogP contribution in [0, 0.1) is 23.4 Å². The molecule has 0 radical (unpaired) electrons. The van der Waals surface area contributed by atoms with Crippen molar-refractivity contribution in [3.8, 4) is 0 Å². The highest BCUT2D eigenvalue weighted by molar-refractivity contribution is 6.01. The van der Waals surface area contributed by atoms with Crippen molar-refractivity contribution < 1.29 is 27.9 Å². The van der Waals surface area contributed by atoms with Crippen molar-refractivity contribution in [1.82, 2.24) is 14.9 Å². The molecular weight excluding hydrogens is 461 g/mol. The van der Waals surface area contributed by atoms with Crippen LogP contribution in [0.4, 0.5) is 18.9 Å². The number of amides is 1. The Kier molecular flexibility index (Phi) is 6.12. The lowest BCUT2D eigenvalue weighted by Gasteiger charge is -2.28. The molecule has 0 spiro atoms. The van der Waals surface area contributed by atoms with E-state index in [9.17, 15) is 18.4 Å². The number of aliphatic carboxylic acids is 1. The first-order valence-electron chi connectivity index (χ1n) is 11.7. The van der Waals surface area contributed by atoms with Crippen molar-refractivity contribution in [3.63, 3.8) is 0 Å².